The molecule has 4 heteroatoms. The second-order valence-corrected chi connectivity index (χ2v) is 4.07. The van der Waals surface area contributed by atoms with Crippen LogP contribution in [0.1, 0.15) is 22.3 Å². The third kappa shape index (κ3) is 1.81. The van der Waals surface area contributed by atoms with Crippen molar-refractivity contribution in [2.24, 2.45) is 5.73 Å². The summed E-state index contributed by atoms with van der Waals surface area (Å²) in [6, 6.07) is 7.70. The van der Waals surface area contributed by atoms with Gasteiger partial charge in [-0.25, -0.2) is 0 Å². The molecule has 2 rings (SSSR count). The molecule has 0 aliphatic rings. The Morgan fingerprint density at radius 3 is 2.71 bits per heavy atom. The minimum atomic E-state index is -0.150. The zero-order valence-corrected chi connectivity index (χ0v) is 8.66. The maximum atomic E-state index is 6.02. The van der Waals surface area contributed by atoms with Crippen LogP contribution in [0, 0.1) is 6.92 Å². The zero-order valence-electron chi connectivity index (χ0n) is 7.84. The molecule has 3 nitrogen and oxygen atoms in total. The van der Waals surface area contributed by atoms with E-state index in [9.17, 15) is 0 Å². The molecule has 0 aliphatic heterocycles. The number of hydrogen-bond donors (Lipinski definition) is 1. The highest BCUT2D eigenvalue weighted by atomic mass is 32.1. The van der Waals surface area contributed by atoms with Crippen LogP contribution in [-0.4, -0.2) is 10.2 Å². The van der Waals surface area contributed by atoms with E-state index in [1.54, 1.807) is 11.3 Å². The third-order valence-corrected chi connectivity index (χ3v) is 2.94. The van der Waals surface area contributed by atoms with Crippen molar-refractivity contribution in [2.75, 3.05) is 0 Å². The first-order chi connectivity index (χ1) is 6.77. The maximum Gasteiger partial charge on any atom is 0.0852 e. The van der Waals surface area contributed by atoms with E-state index in [2.05, 4.69) is 10.2 Å². The van der Waals surface area contributed by atoms with Crippen LogP contribution in [0.4, 0.5) is 0 Å². The second kappa shape index (κ2) is 3.86. The molecule has 0 saturated heterocycles. The SMILES string of the molecule is Cc1ccc(C(N)c2cccs2)nn1. The van der Waals surface area contributed by atoms with Gasteiger partial charge in [-0.05, 0) is 30.5 Å². The fourth-order valence-electron chi connectivity index (χ4n) is 1.19. The van der Waals surface area contributed by atoms with E-state index < -0.39 is 0 Å². The molecule has 14 heavy (non-hydrogen) atoms. The fraction of sp³-hybridized carbons (Fsp3) is 0.200. The molecule has 1 atom stereocenters. The maximum absolute atomic E-state index is 6.02. The topological polar surface area (TPSA) is 51.8 Å². The van der Waals surface area contributed by atoms with Crippen LogP contribution < -0.4 is 5.73 Å². The molecular formula is C10H11N3S. The highest BCUT2D eigenvalue weighted by Gasteiger charge is 2.10. The van der Waals surface area contributed by atoms with Crippen molar-refractivity contribution in [3.63, 3.8) is 0 Å². The van der Waals surface area contributed by atoms with Gasteiger partial charge >= 0.3 is 0 Å². The van der Waals surface area contributed by atoms with E-state index >= 15 is 0 Å². The highest BCUT2D eigenvalue weighted by Crippen LogP contribution is 2.21. The van der Waals surface area contributed by atoms with E-state index in [-0.39, 0.29) is 6.04 Å². The van der Waals surface area contributed by atoms with Gasteiger partial charge in [0.15, 0.2) is 0 Å². The lowest BCUT2D eigenvalue weighted by Gasteiger charge is -2.07. The highest BCUT2D eigenvalue weighted by molar-refractivity contribution is 7.10. The number of aryl methyl sites for hydroxylation is 1. The summed E-state index contributed by atoms with van der Waals surface area (Å²) >= 11 is 1.64. The van der Waals surface area contributed by atoms with Gasteiger partial charge < -0.3 is 5.73 Å². The first kappa shape index (κ1) is 9.30. The van der Waals surface area contributed by atoms with E-state index in [0.29, 0.717) is 0 Å². The van der Waals surface area contributed by atoms with Gasteiger partial charge in [-0.15, -0.1) is 11.3 Å². The van der Waals surface area contributed by atoms with Gasteiger partial charge in [-0.2, -0.15) is 10.2 Å². The summed E-state index contributed by atoms with van der Waals surface area (Å²) in [5.74, 6) is 0. The van der Waals surface area contributed by atoms with Crippen LogP contribution in [0.15, 0.2) is 29.6 Å². The number of thiophene rings is 1. The van der Waals surface area contributed by atoms with E-state index in [1.165, 1.54) is 0 Å². The molecule has 2 aromatic heterocycles. The largest absolute Gasteiger partial charge is 0.318 e. The first-order valence-corrected chi connectivity index (χ1v) is 5.24. The van der Waals surface area contributed by atoms with Gasteiger partial charge in [0.2, 0.25) is 0 Å². The lowest BCUT2D eigenvalue weighted by molar-refractivity contribution is 0.795. The molecule has 0 aromatic carbocycles. The summed E-state index contributed by atoms with van der Waals surface area (Å²) in [4.78, 5) is 1.11. The van der Waals surface area contributed by atoms with Gasteiger partial charge in [0, 0.05) is 4.88 Å². The Morgan fingerprint density at radius 1 is 1.29 bits per heavy atom. The Hall–Kier alpha value is -1.26. The number of nitrogens with two attached hydrogens (primary N) is 1. The Morgan fingerprint density at radius 2 is 2.14 bits per heavy atom. The normalized spacial score (nSPS) is 12.7. The second-order valence-electron chi connectivity index (χ2n) is 3.09. The first-order valence-electron chi connectivity index (χ1n) is 4.36. The minimum absolute atomic E-state index is 0.150. The Kier molecular flexibility index (Phi) is 2.56. The summed E-state index contributed by atoms with van der Waals surface area (Å²) in [5.41, 5.74) is 7.75. The van der Waals surface area contributed by atoms with Gasteiger partial charge in [-0.3, -0.25) is 0 Å². The Balaban J connectivity index is 2.28. The van der Waals surface area contributed by atoms with Gasteiger partial charge in [0.25, 0.3) is 0 Å². The van der Waals surface area contributed by atoms with E-state index in [0.717, 1.165) is 16.3 Å². The zero-order chi connectivity index (χ0) is 9.97. The van der Waals surface area contributed by atoms with Gasteiger partial charge in [-0.1, -0.05) is 6.07 Å². The molecule has 0 aliphatic carbocycles. The third-order valence-electron chi connectivity index (χ3n) is 1.99. The number of nitrogens with zero attached hydrogens (tertiary/aromatic N) is 2. The van der Waals surface area contributed by atoms with Crippen LogP contribution in [0.3, 0.4) is 0 Å². The minimum Gasteiger partial charge on any atom is -0.318 e. The number of hydrogen-bond acceptors (Lipinski definition) is 4. The van der Waals surface area contributed by atoms with E-state index in [1.807, 2.05) is 36.6 Å². The molecule has 0 amide bonds. The molecule has 2 N–H and O–H groups in total. The fourth-order valence-corrected chi connectivity index (χ4v) is 1.93. The van der Waals surface area contributed by atoms with Crippen LogP contribution in [0.25, 0.3) is 0 Å². The van der Waals surface area contributed by atoms with Crippen LogP contribution in [0.5, 0.6) is 0 Å². The summed E-state index contributed by atoms with van der Waals surface area (Å²) in [6.07, 6.45) is 0. The smallest absolute Gasteiger partial charge is 0.0852 e. The lowest BCUT2D eigenvalue weighted by Crippen LogP contribution is -2.12. The Labute approximate surface area is 86.6 Å². The molecule has 1 unspecified atom stereocenters. The molecule has 0 fully saturated rings. The molecule has 0 saturated carbocycles. The summed E-state index contributed by atoms with van der Waals surface area (Å²) in [7, 11) is 0. The average Bonchev–Trinajstić information content (AvgIpc) is 2.71. The van der Waals surface area contributed by atoms with Crippen molar-refractivity contribution in [1.29, 1.82) is 0 Å². The molecule has 72 valence electrons. The lowest BCUT2D eigenvalue weighted by atomic mass is 10.2. The van der Waals surface area contributed by atoms with Crippen molar-refractivity contribution in [3.8, 4) is 0 Å². The van der Waals surface area contributed by atoms with Crippen molar-refractivity contribution in [1.82, 2.24) is 10.2 Å². The monoisotopic (exact) mass is 205 g/mol. The standard InChI is InChI=1S/C10H11N3S/c1-7-4-5-8(13-12-7)10(11)9-3-2-6-14-9/h2-6,10H,11H2,1H3. The molecule has 2 aromatic rings. The van der Waals surface area contributed by atoms with Crippen LogP contribution in [-0.2, 0) is 0 Å². The van der Waals surface area contributed by atoms with Crippen molar-refractivity contribution >= 4 is 11.3 Å². The van der Waals surface area contributed by atoms with Crippen LogP contribution >= 0.6 is 11.3 Å². The van der Waals surface area contributed by atoms with Crippen LogP contribution in [0.2, 0.25) is 0 Å². The van der Waals surface area contributed by atoms with E-state index in [4.69, 9.17) is 5.73 Å². The van der Waals surface area contributed by atoms with Crippen molar-refractivity contribution < 1.29 is 0 Å². The molecule has 2 heterocycles. The quantitative estimate of drug-likeness (QED) is 0.814. The predicted molar refractivity (Wildman–Crippen MR) is 57.1 cm³/mol. The number of rotatable bonds is 2. The summed E-state index contributed by atoms with van der Waals surface area (Å²) < 4.78 is 0. The molecule has 0 radical (unpaired) electrons. The predicted octanol–water partition coefficient (Wildman–Crippen LogP) is 1.89. The summed E-state index contributed by atoms with van der Waals surface area (Å²) in [5, 5.41) is 10.1. The van der Waals surface area contributed by atoms with Gasteiger partial charge in [0.1, 0.15) is 0 Å². The Bertz CT molecular complexity index is 394. The van der Waals surface area contributed by atoms with Crippen molar-refractivity contribution in [2.45, 2.75) is 13.0 Å². The van der Waals surface area contributed by atoms with Crippen molar-refractivity contribution in [3.05, 3.63) is 45.9 Å². The molecule has 0 spiro atoms. The average molecular weight is 205 g/mol. The van der Waals surface area contributed by atoms with Gasteiger partial charge in [0.05, 0.1) is 17.4 Å². The summed E-state index contributed by atoms with van der Waals surface area (Å²) in [6.45, 7) is 1.91. The molecular weight excluding hydrogens is 194 g/mol. The molecule has 0 bridgehead atoms. The number of aromatic nitrogens is 2.